The van der Waals surface area contributed by atoms with Gasteiger partial charge in [-0.1, -0.05) is 11.6 Å². The van der Waals surface area contributed by atoms with Crippen molar-refractivity contribution in [2.24, 2.45) is 5.92 Å². The van der Waals surface area contributed by atoms with Crippen molar-refractivity contribution in [2.45, 2.75) is 69.8 Å². The molecule has 0 bridgehead atoms. The Bertz CT molecular complexity index is 1370. The number of nitrogens with one attached hydrogen (secondary N) is 3. The highest BCUT2D eigenvalue weighted by Crippen LogP contribution is 2.25. The zero-order valence-corrected chi connectivity index (χ0v) is 25.2. The van der Waals surface area contributed by atoms with Gasteiger partial charge in [0.05, 0.1) is 4.90 Å². The summed E-state index contributed by atoms with van der Waals surface area (Å²) in [6.07, 6.45) is 7.26. The first-order chi connectivity index (χ1) is 19.0. The van der Waals surface area contributed by atoms with Crippen LogP contribution in [0.3, 0.4) is 0 Å². The number of carbonyl (C=O) groups is 1. The summed E-state index contributed by atoms with van der Waals surface area (Å²) in [7, 11) is -3.57. The maximum Gasteiger partial charge on any atom is 0.410 e. The SMILES string of the molecule is CC(C)(C)OC(=O)N1CCC(CCCNc2ccc(S(=O)(=O)NCCCc3c[nH]c4ccc(Cl)cc34)cc2)CC1. The second-order valence-corrected chi connectivity index (χ2v) is 13.7. The molecule has 40 heavy (non-hydrogen) atoms. The van der Waals surface area contributed by atoms with E-state index in [0.717, 1.165) is 73.9 Å². The first-order valence-electron chi connectivity index (χ1n) is 14.1. The number of rotatable bonds is 11. The Hall–Kier alpha value is -2.75. The van der Waals surface area contributed by atoms with Gasteiger partial charge in [0.1, 0.15) is 5.60 Å². The molecule has 0 spiro atoms. The predicted molar refractivity (Wildman–Crippen MR) is 162 cm³/mol. The molecule has 0 radical (unpaired) electrons. The topological polar surface area (TPSA) is 104 Å². The minimum absolute atomic E-state index is 0.218. The van der Waals surface area contributed by atoms with E-state index in [4.69, 9.17) is 16.3 Å². The maximum atomic E-state index is 12.7. The van der Waals surface area contributed by atoms with Crippen molar-refractivity contribution in [1.82, 2.24) is 14.6 Å². The van der Waals surface area contributed by atoms with Crippen LogP contribution in [-0.2, 0) is 21.2 Å². The third kappa shape index (κ3) is 8.62. The van der Waals surface area contributed by atoms with Crippen molar-refractivity contribution in [1.29, 1.82) is 0 Å². The third-order valence-corrected chi connectivity index (χ3v) is 8.91. The fraction of sp³-hybridized carbons (Fsp3) is 0.500. The van der Waals surface area contributed by atoms with Crippen molar-refractivity contribution in [3.8, 4) is 0 Å². The Morgan fingerprint density at radius 2 is 1.80 bits per heavy atom. The molecule has 0 saturated carbocycles. The summed E-state index contributed by atoms with van der Waals surface area (Å²) < 4.78 is 33.7. The Kier molecular flexibility index (Phi) is 10.0. The van der Waals surface area contributed by atoms with Crippen LogP contribution < -0.4 is 10.0 Å². The molecule has 1 amide bonds. The fourth-order valence-corrected chi connectivity index (χ4v) is 6.28. The van der Waals surface area contributed by atoms with Crippen molar-refractivity contribution in [2.75, 3.05) is 31.5 Å². The fourth-order valence-electron chi connectivity index (χ4n) is 5.03. The quantitative estimate of drug-likeness (QED) is 0.220. The number of nitrogens with zero attached hydrogens (tertiary/aromatic N) is 1. The van der Waals surface area contributed by atoms with E-state index < -0.39 is 15.6 Å². The van der Waals surface area contributed by atoms with E-state index in [1.807, 2.05) is 62.2 Å². The second kappa shape index (κ2) is 13.3. The average Bonchev–Trinajstić information content (AvgIpc) is 3.30. The molecule has 3 aromatic rings. The first-order valence-corrected chi connectivity index (χ1v) is 15.9. The Morgan fingerprint density at radius 1 is 1.07 bits per heavy atom. The molecular weight excluding hydrogens is 548 g/mol. The predicted octanol–water partition coefficient (Wildman–Crippen LogP) is 6.57. The minimum Gasteiger partial charge on any atom is -0.444 e. The van der Waals surface area contributed by atoms with Gasteiger partial charge in [-0.25, -0.2) is 17.9 Å². The molecule has 2 aromatic carbocycles. The molecule has 1 aliphatic heterocycles. The number of carbonyl (C=O) groups excluding carboxylic acids is 1. The number of benzene rings is 2. The standard InChI is InChI=1S/C30H41ClN4O4S/c1-30(2,3)39-29(36)35-18-14-22(15-19-35)6-4-16-32-25-9-11-26(12-10-25)40(37,38)34-17-5-7-23-21-33-28-13-8-24(31)20-27(23)28/h8-13,20-22,32-34H,4-7,14-19H2,1-3H3. The van der Waals surface area contributed by atoms with Gasteiger partial charge in [0, 0.05) is 54.0 Å². The highest BCUT2D eigenvalue weighted by atomic mass is 35.5. The molecule has 3 N–H and O–H groups in total. The Morgan fingerprint density at radius 3 is 2.50 bits per heavy atom. The Balaban J connectivity index is 1.13. The first kappa shape index (κ1) is 30.2. The van der Waals surface area contributed by atoms with Crippen molar-refractivity contribution < 1.29 is 17.9 Å². The largest absolute Gasteiger partial charge is 0.444 e. The number of hydrogen-bond donors (Lipinski definition) is 3. The molecule has 10 heteroatoms. The number of ether oxygens (including phenoxy) is 1. The average molecular weight is 589 g/mol. The number of H-pyrrole nitrogens is 1. The molecule has 1 fully saturated rings. The molecule has 8 nitrogen and oxygen atoms in total. The van der Waals surface area contributed by atoms with E-state index in [2.05, 4.69) is 15.0 Å². The van der Waals surface area contributed by atoms with Gasteiger partial charge in [-0.3, -0.25) is 0 Å². The van der Waals surface area contributed by atoms with E-state index in [0.29, 0.717) is 23.9 Å². The van der Waals surface area contributed by atoms with Crippen LogP contribution in [0.4, 0.5) is 10.5 Å². The lowest BCUT2D eigenvalue weighted by Gasteiger charge is -2.33. The van der Waals surface area contributed by atoms with Gasteiger partial charge in [0.15, 0.2) is 0 Å². The summed E-state index contributed by atoms with van der Waals surface area (Å²) in [6.45, 7) is 8.33. The Labute approximate surface area is 242 Å². The lowest BCUT2D eigenvalue weighted by atomic mass is 9.92. The number of sulfonamides is 1. The number of amides is 1. The van der Waals surface area contributed by atoms with E-state index >= 15 is 0 Å². The molecule has 218 valence electrons. The van der Waals surface area contributed by atoms with Crippen molar-refractivity contribution >= 4 is 44.3 Å². The van der Waals surface area contributed by atoms with Crippen molar-refractivity contribution in [3.05, 3.63) is 59.2 Å². The van der Waals surface area contributed by atoms with Gasteiger partial charge >= 0.3 is 6.09 Å². The molecule has 0 unspecified atom stereocenters. The van der Waals surface area contributed by atoms with Crippen LogP contribution in [0, 0.1) is 5.92 Å². The van der Waals surface area contributed by atoms with Gasteiger partial charge in [-0.05, 0) is 113 Å². The van der Waals surface area contributed by atoms with Crippen LogP contribution in [0.1, 0.15) is 58.4 Å². The summed E-state index contributed by atoms with van der Waals surface area (Å²) in [4.78, 5) is 17.5. The molecule has 4 rings (SSSR count). The minimum atomic E-state index is -3.57. The zero-order chi connectivity index (χ0) is 28.8. The molecule has 0 atom stereocenters. The molecule has 2 heterocycles. The van der Waals surface area contributed by atoms with Gasteiger partial charge in [0.2, 0.25) is 10.0 Å². The normalized spacial score (nSPS) is 14.9. The summed E-state index contributed by atoms with van der Waals surface area (Å²) in [5.41, 5.74) is 2.58. The molecule has 1 saturated heterocycles. The number of likely N-dealkylation sites (tertiary alicyclic amines) is 1. The number of anilines is 1. The van der Waals surface area contributed by atoms with E-state index in [9.17, 15) is 13.2 Å². The highest BCUT2D eigenvalue weighted by molar-refractivity contribution is 7.89. The number of fused-ring (bicyclic) bond motifs is 1. The number of hydrogen-bond acceptors (Lipinski definition) is 5. The van der Waals surface area contributed by atoms with Gasteiger partial charge in [0.25, 0.3) is 0 Å². The number of halogens is 1. The lowest BCUT2D eigenvalue weighted by Crippen LogP contribution is -2.41. The van der Waals surface area contributed by atoms with Crippen LogP contribution in [0.15, 0.2) is 53.6 Å². The van der Waals surface area contributed by atoms with Gasteiger partial charge in [-0.2, -0.15) is 0 Å². The summed E-state index contributed by atoms with van der Waals surface area (Å²) >= 11 is 6.12. The van der Waals surface area contributed by atoms with Crippen LogP contribution in [0.25, 0.3) is 10.9 Å². The van der Waals surface area contributed by atoms with Crippen LogP contribution >= 0.6 is 11.6 Å². The van der Waals surface area contributed by atoms with Crippen LogP contribution in [-0.4, -0.2) is 56.2 Å². The number of aryl methyl sites for hydroxylation is 1. The van der Waals surface area contributed by atoms with Crippen LogP contribution in [0.2, 0.25) is 5.02 Å². The molecule has 0 aliphatic carbocycles. The molecule has 1 aromatic heterocycles. The smallest absolute Gasteiger partial charge is 0.410 e. The monoisotopic (exact) mass is 588 g/mol. The maximum absolute atomic E-state index is 12.7. The lowest BCUT2D eigenvalue weighted by molar-refractivity contribution is 0.0181. The van der Waals surface area contributed by atoms with Gasteiger partial charge in [-0.15, -0.1) is 0 Å². The van der Waals surface area contributed by atoms with Crippen LogP contribution in [0.5, 0.6) is 0 Å². The second-order valence-electron chi connectivity index (χ2n) is 11.5. The van der Waals surface area contributed by atoms with Gasteiger partial charge < -0.3 is 19.9 Å². The van der Waals surface area contributed by atoms with E-state index in [1.165, 1.54) is 0 Å². The van der Waals surface area contributed by atoms with E-state index in [-0.39, 0.29) is 11.0 Å². The molecular formula is C30H41ClN4O4S. The summed E-state index contributed by atoms with van der Waals surface area (Å²) in [6, 6.07) is 12.6. The summed E-state index contributed by atoms with van der Waals surface area (Å²) in [5, 5.41) is 5.15. The number of aromatic amines is 1. The highest BCUT2D eigenvalue weighted by Gasteiger charge is 2.26. The zero-order valence-electron chi connectivity index (χ0n) is 23.6. The number of aromatic nitrogens is 1. The van der Waals surface area contributed by atoms with E-state index in [1.54, 1.807) is 12.1 Å². The third-order valence-electron chi connectivity index (χ3n) is 7.19. The molecule has 1 aliphatic rings. The van der Waals surface area contributed by atoms with Crippen molar-refractivity contribution in [3.63, 3.8) is 0 Å². The number of piperidine rings is 1. The summed E-state index contributed by atoms with van der Waals surface area (Å²) in [5.74, 6) is 0.604.